The van der Waals surface area contributed by atoms with Crippen molar-refractivity contribution in [3.05, 3.63) is 36.5 Å². The highest BCUT2D eigenvalue weighted by molar-refractivity contribution is 5.84. The Kier molecular flexibility index (Phi) is 1.04. The van der Waals surface area contributed by atoms with E-state index >= 15 is 0 Å². The molecule has 0 aliphatic rings. The van der Waals surface area contributed by atoms with Crippen molar-refractivity contribution < 1.29 is 8.85 Å². The fraction of sp³-hybridized carbons (Fsp3) is 0.100. The molecule has 2 nitrogen and oxygen atoms in total. The van der Waals surface area contributed by atoms with E-state index in [1.807, 2.05) is 0 Å². The third-order valence-electron chi connectivity index (χ3n) is 1.64. The van der Waals surface area contributed by atoms with E-state index < -0.39 is 0 Å². The number of rotatable bonds is 1. The number of nitrogens with zero attached hydrogens (tertiary/aromatic N) is 1. The molecule has 60 valence electrons. The van der Waals surface area contributed by atoms with Crippen LogP contribution >= 0.6 is 0 Å². The molecule has 0 bridgehead atoms. The largest absolute Gasteiger partial charge is 0.496 e. The van der Waals surface area contributed by atoms with E-state index in [-0.39, 0.29) is 18.3 Å². The predicted molar refractivity (Wildman–Crippen MR) is 48.3 cm³/mol. The molecule has 0 atom stereocenters. The first-order valence-corrected chi connectivity index (χ1v) is 3.55. The van der Waals surface area contributed by atoms with Crippen molar-refractivity contribution in [2.75, 3.05) is 7.11 Å². The average molecular weight is 162 g/mol. The number of benzene rings is 1. The number of aromatic nitrogens is 1. The Morgan fingerprint density at radius 1 is 1.50 bits per heavy atom. The van der Waals surface area contributed by atoms with E-state index in [1.54, 1.807) is 18.2 Å². The predicted octanol–water partition coefficient (Wildman–Crippen LogP) is 2.24. The Bertz CT molecular complexity index is 528. The third kappa shape index (κ3) is 1.01. The Labute approximate surface area is 75.0 Å². The van der Waals surface area contributed by atoms with Gasteiger partial charge in [-0.1, -0.05) is 6.07 Å². The topological polar surface area (TPSA) is 22.1 Å². The van der Waals surface area contributed by atoms with Crippen LogP contribution < -0.4 is 4.74 Å². The summed E-state index contributed by atoms with van der Waals surface area (Å²) in [6, 6.07) is 4.98. The quantitative estimate of drug-likeness (QED) is 0.641. The van der Waals surface area contributed by atoms with Gasteiger partial charge in [0.2, 0.25) is 0 Å². The molecule has 0 unspecified atom stereocenters. The van der Waals surface area contributed by atoms with Gasteiger partial charge < -0.3 is 4.74 Å². The van der Waals surface area contributed by atoms with Crippen molar-refractivity contribution in [2.24, 2.45) is 0 Å². The van der Waals surface area contributed by atoms with Crippen LogP contribution in [-0.2, 0) is 0 Å². The molecule has 2 heteroatoms. The van der Waals surface area contributed by atoms with Crippen LogP contribution in [0.5, 0.6) is 5.75 Å². The van der Waals surface area contributed by atoms with Crippen LogP contribution in [0.2, 0.25) is 0 Å². The average Bonchev–Trinajstić information content (AvgIpc) is 2.25. The molecule has 1 aromatic heterocycles. The zero-order valence-electron chi connectivity index (χ0n) is 9.59. The van der Waals surface area contributed by atoms with Crippen LogP contribution in [0.15, 0.2) is 36.5 Å². The summed E-state index contributed by atoms with van der Waals surface area (Å²) in [4.78, 5) is 3.92. The molecule has 0 amide bonds. The maximum atomic E-state index is 7.75. The number of ether oxygens (including phenoxy) is 1. The van der Waals surface area contributed by atoms with Gasteiger partial charge >= 0.3 is 0 Å². The number of fused-ring (bicyclic) bond motifs is 1. The van der Waals surface area contributed by atoms with E-state index in [1.165, 1.54) is 7.11 Å². The fourth-order valence-electron chi connectivity index (χ4n) is 1.09. The van der Waals surface area contributed by atoms with Gasteiger partial charge in [-0.15, -0.1) is 0 Å². The number of hydrogen-bond acceptors (Lipinski definition) is 2. The summed E-state index contributed by atoms with van der Waals surface area (Å²) >= 11 is 0. The lowest BCUT2D eigenvalue weighted by atomic mass is 10.2. The SMILES string of the molecule is [2H]c1nc2cccc(OC)c2c([2H])c1[2H]. The zero-order valence-corrected chi connectivity index (χ0v) is 6.59. The minimum atomic E-state index is -0.180. The Balaban J connectivity index is 2.93. The highest BCUT2D eigenvalue weighted by atomic mass is 16.5. The van der Waals surface area contributed by atoms with E-state index in [4.69, 9.17) is 8.85 Å². The molecule has 2 aromatic rings. The molecule has 0 saturated heterocycles. The number of methoxy groups -OCH3 is 1. The first-order chi connectivity index (χ1) is 7.15. The summed E-state index contributed by atoms with van der Waals surface area (Å²) < 4.78 is 27.8. The standard InChI is InChI=1S/C10H9NO/c1-12-10-6-2-5-9-8(10)4-3-7-11-9/h2-7H,1H3/i3D,4D,7D. The monoisotopic (exact) mass is 162 g/mol. The summed E-state index contributed by atoms with van der Waals surface area (Å²) in [5.41, 5.74) is 0.514. The second-order valence-electron chi connectivity index (χ2n) is 2.33. The Morgan fingerprint density at radius 2 is 2.42 bits per heavy atom. The molecule has 0 aliphatic carbocycles. The van der Waals surface area contributed by atoms with Crippen LogP contribution in [0.4, 0.5) is 0 Å². The summed E-state index contributed by atoms with van der Waals surface area (Å²) in [5.74, 6) is 0.513. The van der Waals surface area contributed by atoms with E-state index in [9.17, 15) is 0 Å². The van der Waals surface area contributed by atoms with E-state index in [0.717, 1.165) is 0 Å². The number of hydrogen-bond donors (Lipinski definition) is 0. The lowest BCUT2D eigenvalue weighted by molar-refractivity contribution is 0.420. The van der Waals surface area contributed by atoms with Crippen LogP contribution in [0.3, 0.4) is 0 Å². The number of pyridine rings is 1. The second kappa shape index (κ2) is 2.81. The zero-order chi connectivity index (χ0) is 11.0. The summed E-state index contributed by atoms with van der Waals surface area (Å²) in [7, 11) is 1.51. The van der Waals surface area contributed by atoms with E-state index in [2.05, 4.69) is 4.98 Å². The van der Waals surface area contributed by atoms with E-state index in [0.29, 0.717) is 16.7 Å². The normalized spacial score (nSPS) is 13.6. The van der Waals surface area contributed by atoms with Gasteiger partial charge in [0.05, 0.1) is 16.7 Å². The molecule has 2 rings (SSSR count). The lowest BCUT2D eigenvalue weighted by Gasteiger charge is -2.02. The molecule has 0 N–H and O–H groups in total. The van der Waals surface area contributed by atoms with Gasteiger partial charge in [-0.25, -0.2) is 0 Å². The molecule has 0 aliphatic heterocycles. The van der Waals surface area contributed by atoms with Gasteiger partial charge in [0.1, 0.15) is 5.75 Å². The summed E-state index contributed by atoms with van der Waals surface area (Å²) in [5, 5.41) is 0.487. The maximum absolute atomic E-state index is 7.75. The van der Waals surface area contributed by atoms with Crippen LogP contribution in [-0.4, -0.2) is 12.1 Å². The molecule has 0 saturated carbocycles. The van der Waals surface area contributed by atoms with Gasteiger partial charge in [0, 0.05) is 11.6 Å². The summed E-state index contributed by atoms with van der Waals surface area (Å²) in [6.45, 7) is 0. The molecule has 12 heavy (non-hydrogen) atoms. The van der Waals surface area contributed by atoms with Crippen LogP contribution in [0.1, 0.15) is 4.11 Å². The van der Waals surface area contributed by atoms with Gasteiger partial charge in [-0.05, 0) is 24.2 Å². The first-order valence-electron chi connectivity index (χ1n) is 5.05. The highest BCUT2D eigenvalue weighted by Gasteiger charge is 1.98. The molecular formula is C10H9NO. The second-order valence-corrected chi connectivity index (χ2v) is 2.33. The van der Waals surface area contributed by atoms with Gasteiger partial charge in [-0.3, -0.25) is 4.98 Å². The van der Waals surface area contributed by atoms with Crippen LogP contribution in [0.25, 0.3) is 10.9 Å². The van der Waals surface area contributed by atoms with Gasteiger partial charge in [0.25, 0.3) is 0 Å². The molecule has 1 heterocycles. The maximum Gasteiger partial charge on any atom is 0.128 e. The smallest absolute Gasteiger partial charge is 0.128 e. The molecule has 0 radical (unpaired) electrons. The minimum Gasteiger partial charge on any atom is -0.496 e. The molecule has 1 aromatic carbocycles. The van der Waals surface area contributed by atoms with Gasteiger partial charge in [0.15, 0.2) is 0 Å². The fourth-order valence-corrected chi connectivity index (χ4v) is 1.09. The summed E-state index contributed by atoms with van der Waals surface area (Å²) in [6.07, 6.45) is -0.180. The van der Waals surface area contributed by atoms with Crippen LogP contribution in [0, 0.1) is 0 Å². The lowest BCUT2D eigenvalue weighted by Crippen LogP contribution is -1.85. The Morgan fingerprint density at radius 3 is 3.25 bits per heavy atom. The van der Waals surface area contributed by atoms with Gasteiger partial charge in [-0.2, -0.15) is 0 Å². The van der Waals surface area contributed by atoms with Crippen molar-refractivity contribution in [3.63, 3.8) is 0 Å². The first kappa shape index (κ1) is 4.45. The van der Waals surface area contributed by atoms with Crippen molar-refractivity contribution in [1.82, 2.24) is 4.98 Å². The molecule has 0 spiro atoms. The van der Waals surface area contributed by atoms with Crippen molar-refractivity contribution in [3.8, 4) is 5.75 Å². The van der Waals surface area contributed by atoms with Crippen molar-refractivity contribution >= 4 is 10.9 Å². The third-order valence-corrected chi connectivity index (χ3v) is 1.64. The highest BCUT2D eigenvalue weighted by Crippen LogP contribution is 2.22. The molecule has 0 fully saturated rings. The van der Waals surface area contributed by atoms with Crippen molar-refractivity contribution in [1.29, 1.82) is 0 Å². The van der Waals surface area contributed by atoms with Crippen molar-refractivity contribution in [2.45, 2.75) is 0 Å². The Hall–Kier alpha value is -1.57. The molecular weight excluding hydrogens is 150 g/mol. The minimum absolute atomic E-state index is 0.0116.